The smallest absolute Gasteiger partial charge is 0.193 e. The van der Waals surface area contributed by atoms with E-state index in [4.69, 9.17) is 0 Å². The largest absolute Gasteiger partial charge is 0.388 e. The topological polar surface area (TPSA) is 78.9 Å². The Hall–Kier alpha value is -5.79. The minimum atomic E-state index is 0.0752. The van der Waals surface area contributed by atoms with Crippen LogP contribution in [0.4, 0.5) is 0 Å². The van der Waals surface area contributed by atoms with Gasteiger partial charge in [-0.15, -0.1) is 0 Å². The molecule has 0 bridgehead atoms. The average molecular weight is 895 g/mol. The third kappa shape index (κ3) is 42.0. The Morgan fingerprint density at radius 1 is 0.215 bits per heavy atom. The van der Waals surface area contributed by atoms with Gasteiger partial charge in [-0.2, -0.15) is 0 Å². The van der Waals surface area contributed by atoms with E-state index in [0.717, 1.165) is 33.4 Å². The summed E-state index contributed by atoms with van der Waals surface area (Å²) in [6, 6.07) is 55.8. The maximum absolute atomic E-state index is 11.8. The van der Waals surface area contributed by atoms with E-state index in [1.807, 2.05) is 279 Å². The first-order valence-electron chi connectivity index (χ1n) is 23.0. The van der Waals surface area contributed by atoms with E-state index in [1.54, 1.807) is 42.7 Å². The summed E-state index contributed by atoms with van der Waals surface area (Å²) >= 11 is 0. The number of carbonyl (C=O) groups excluding carboxylic acids is 3. The monoisotopic (exact) mass is 895 g/mol. The van der Waals surface area contributed by atoms with Gasteiger partial charge in [0.15, 0.2) is 17.3 Å². The van der Waals surface area contributed by atoms with Gasteiger partial charge in [0.25, 0.3) is 0 Å². The van der Waals surface area contributed by atoms with E-state index >= 15 is 0 Å². The van der Waals surface area contributed by atoms with E-state index in [-0.39, 0.29) is 17.3 Å². The van der Waals surface area contributed by atoms with Crippen molar-refractivity contribution in [2.45, 2.75) is 96.9 Å². The van der Waals surface area contributed by atoms with Gasteiger partial charge < -0.3 is 14.2 Å². The van der Waals surface area contributed by atoms with Crippen molar-refractivity contribution in [2.75, 3.05) is 42.7 Å². The molecule has 362 valence electrons. The van der Waals surface area contributed by atoms with E-state index in [0.29, 0.717) is 0 Å². The van der Waals surface area contributed by atoms with Crippen LogP contribution < -0.4 is 0 Å². The lowest BCUT2D eigenvalue weighted by atomic mass is 10.0. The van der Waals surface area contributed by atoms with E-state index in [1.165, 1.54) is 0 Å². The highest BCUT2D eigenvalue weighted by Crippen LogP contribution is 2.10. The van der Waals surface area contributed by atoms with Crippen LogP contribution in [0.1, 0.15) is 145 Å². The number of methoxy groups -OCH3 is 3. The highest BCUT2D eigenvalue weighted by molar-refractivity contribution is 6.10. The first kappa shape index (κ1) is 73.6. The molecular formula is C59H90O6. The Labute approximate surface area is 399 Å². The molecule has 0 aromatic heterocycles. The summed E-state index contributed by atoms with van der Waals surface area (Å²) in [5.74, 6) is 0.226. The van der Waals surface area contributed by atoms with Crippen molar-refractivity contribution in [2.24, 2.45) is 0 Å². The molecule has 6 aromatic carbocycles. The van der Waals surface area contributed by atoms with Gasteiger partial charge in [0.2, 0.25) is 0 Å². The Kier molecular flexibility index (Phi) is 73.4. The predicted molar refractivity (Wildman–Crippen MR) is 287 cm³/mol. The summed E-state index contributed by atoms with van der Waals surface area (Å²) in [6.07, 6.45) is 0. The van der Waals surface area contributed by atoms with Crippen LogP contribution in [0, 0.1) is 0 Å². The minimum Gasteiger partial charge on any atom is -0.388 e. The standard InChI is InChI=1S/3C13H10O.3C2H6O.7C2H6/c3*14-13(11-7-3-1-4-8-11)12-9-5-2-6-10-12;3*1-3-2;7*1-2/h3*1-10H;3*1-2H3;7*1-2H3. The maximum Gasteiger partial charge on any atom is 0.193 e. The van der Waals surface area contributed by atoms with Crippen molar-refractivity contribution < 1.29 is 28.6 Å². The van der Waals surface area contributed by atoms with Crippen LogP contribution in [-0.4, -0.2) is 60.0 Å². The zero-order chi connectivity index (χ0) is 51.5. The fourth-order valence-electron chi connectivity index (χ4n) is 4.04. The van der Waals surface area contributed by atoms with E-state index < -0.39 is 0 Å². The van der Waals surface area contributed by atoms with Gasteiger partial charge >= 0.3 is 0 Å². The van der Waals surface area contributed by atoms with Gasteiger partial charge in [-0.1, -0.05) is 279 Å². The quantitative estimate of drug-likeness (QED) is 0.155. The molecule has 65 heavy (non-hydrogen) atoms. The SMILES string of the molecule is CC.CC.CC.CC.CC.CC.CC.COC.COC.COC.O=C(c1ccccc1)c1ccccc1.O=C(c1ccccc1)c1ccccc1.O=C(c1ccccc1)c1ccccc1. The molecule has 6 aromatic rings. The summed E-state index contributed by atoms with van der Waals surface area (Å²) < 4.78 is 12.8. The molecule has 0 heterocycles. The molecule has 6 heteroatoms. The van der Waals surface area contributed by atoms with Gasteiger partial charge in [0.05, 0.1) is 0 Å². The second kappa shape index (κ2) is 64.8. The number of ketones is 3. The van der Waals surface area contributed by atoms with Gasteiger partial charge in [0, 0.05) is 76.0 Å². The number of hydrogen-bond donors (Lipinski definition) is 0. The summed E-state index contributed by atoms with van der Waals surface area (Å²) in [7, 11) is 9.75. The number of carbonyl (C=O) groups is 3. The predicted octanol–water partition coefficient (Wildman–Crippen LogP) is 16.7. The fraction of sp³-hybridized carbons (Fsp3) is 0.339. The number of hydrogen-bond acceptors (Lipinski definition) is 6. The van der Waals surface area contributed by atoms with Crippen molar-refractivity contribution in [3.8, 4) is 0 Å². The van der Waals surface area contributed by atoms with Crippen LogP contribution in [-0.2, 0) is 14.2 Å². The molecule has 0 amide bonds. The maximum atomic E-state index is 11.8. The highest BCUT2D eigenvalue weighted by Gasteiger charge is 2.08. The molecule has 0 atom stereocenters. The second-order valence-corrected chi connectivity index (χ2v) is 10.4. The third-order valence-electron chi connectivity index (χ3n) is 6.22. The van der Waals surface area contributed by atoms with Crippen LogP contribution in [0.25, 0.3) is 0 Å². The average Bonchev–Trinajstić information content (AvgIpc) is 3.42. The van der Waals surface area contributed by atoms with Crippen LogP contribution in [0.5, 0.6) is 0 Å². The zero-order valence-corrected chi connectivity index (χ0v) is 44.3. The molecule has 0 saturated heterocycles. The minimum absolute atomic E-state index is 0.0752. The lowest BCUT2D eigenvalue weighted by Gasteiger charge is -1.99. The molecule has 0 spiro atoms. The zero-order valence-electron chi connectivity index (χ0n) is 44.3. The second-order valence-electron chi connectivity index (χ2n) is 10.4. The van der Waals surface area contributed by atoms with Gasteiger partial charge in [-0.25, -0.2) is 0 Å². The number of ether oxygens (including phenoxy) is 3. The number of rotatable bonds is 6. The molecule has 0 fully saturated rings. The molecule has 0 radical (unpaired) electrons. The molecular weight excluding hydrogens is 805 g/mol. The summed E-state index contributed by atoms with van der Waals surface area (Å²) in [6.45, 7) is 28.0. The molecule has 0 saturated carbocycles. The fourth-order valence-corrected chi connectivity index (χ4v) is 4.04. The first-order valence-corrected chi connectivity index (χ1v) is 23.0. The van der Waals surface area contributed by atoms with Gasteiger partial charge in [-0.3, -0.25) is 14.4 Å². The Bertz CT molecular complexity index is 1390. The van der Waals surface area contributed by atoms with Crippen molar-refractivity contribution >= 4 is 17.3 Å². The van der Waals surface area contributed by atoms with Gasteiger partial charge in [0.1, 0.15) is 0 Å². The van der Waals surface area contributed by atoms with Crippen LogP contribution in [0.2, 0.25) is 0 Å². The summed E-state index contributed by atoms with van der Waals surface area (Å²) in [4.78, 5) is 35.5. The Balaban J connectivity index is -0.000000126. The molecule has 0 N–H and O–H groups in total. The lowest BCUT2D eigenvalue weighted by Crippen LogP contribution is -1.99. The molecule has 6 rings (SSSR count). The highest BCUT2D eigenvalue weighted by atomic mass is 16.5. The summed E-state index contributed by atoms with van der Waals surface area (Å²) in [5.41, 5.74) is 4.41. The van der Waals surface area contributed by atoms with E-state index in [9.17, 15) is 14.4 Å². The molecule has 0 aliphatic rings. The van der Waals surface area contributed by atoms with Gasteiger partial charge in [-0.05, 0) is 0 Å². The lowest BCUT2D eigenvalue weighted by molar-refractivity contribution is 0.103. The molecule has 0 aliphatic heterocycles. The summed E-state index contributed by atoms with van der Waals surface area (Å²) in [5, 5.41) is 0. The van der Waals surface area contributed by atoms with E-state index in [2.05, 4.69) is 14.2 Å². The normalized spacial score (nSPS) is 7.75. The molecule has 6 nitrogen and oxygen atoms in total. The molecule has 0 unspecified atom stereocenters. The third-order valence-corrected chi connectivity index (χ3v) is 6.22. The number of benzene rings is 6. The van der Waals surface area contributed by atoms with Crippen LogP contribution in [0.15, 0.2) is 182 Å². The van der Waals surface area contributed by atoms with Crippen molar-refractivity contribution in [3.63, 3.8) is 0 Å². The first-order chi connectivity index (χ1) is 31.9. The van der Waals surface area contributed by atoms with Crippen molar-refractivity contribution in [1.82, 2.24) is 0 Å². The Morgan fingerprint density at radius 3 is 0.369 bits per heavy atom. The molecule has 0 aliphatic carbocycles. The van der Waals surface area contributed by atoms with Crippen molar-refractivity contribution in [1.29, 1.82) is 0 Å². The van der Waals surface area contributed by atoms with Crippen molar-refractivity contribution in [3.05, 3.63) is 215 Å². The Morgan fingerprint density at radius 2 is 0.292 bits per heavy atom. The van der Waals surface area contributed by atoms with Crippen LogP contribution in [0.3, 0.4) is 0 Å². The van der Waals surface area contributed by atoms with Crippen LogP contribution >= 0.6 is 0 Å².